The van der Waals surface area contributed by atoms with Crippen LogP contribution in [-0.2, 0) is 14.6 Å². The molecule has 0 aliphatic carbocycles. The van der Waals surface area contributed by atoms with Gasteiger partial charge >= 0.3 is 5.97 Å². The molecule has 6 nitrogen and oxygen atoms in total. The van der Waals surface area contributed by atoms with Crippen LogP contribution in [0.4, 0.5) is 0 Å². The summed E-state index contributed by atoms with van der Waals surface area (Å²) < 4.78 is 25.6. The van der Waals surface area contributed by atoms with Gasteiger partial charge in [0.1, 0.15) is 5.52 Å². The average molecular weight is 328 g/mol. The number of aromatic nitrogens is 2. The number of benzene rings is 1. The molecule has 0 atom stereocenters. The molecule has 0 radical (unpaired) electrons. The van der Waals surface area contributed by atoms with Crippen molar-refractivity contribution in [3.05, 3.63) is 18.2 Å². The first-order valence-electron chi connectivity index (χ1n) is 6.27. The lowest BCUT2D eigenvalue weighted by Gasteiger charge is -2.12. The van der Waals surface area contributed by atoms with E-state index in [1.54, 1.807) is 12.1 Å². The highest BCUT2D eigenvalue weighted by molar-refractivity contribution is 7.99. The van der Waals surface area contributed by atoms with Gasteiger partial charge in [-0.3, -0.25) is 4.79 Å². The van der Waals surface area contributed by atoms with E-state index in [2.05, 4.69) is 4.98 Å². The van der Waals surface area contributed by atoms with Crippen molar-refractivity contribution >= 4 is 38.6 Å². The van der Waals surface area contributed by atoms with Crippen molar-refractivity contribution in [1.82, 2.24) is 9.55 Å². The summed E-state index contributed by atoms with van der Waals surface area (Å²) in [6, 6.07) is 5.02. The normalized spacial score (nSPS) is 12.2. The minimum Gasteiger partial charge on any atom is -0.481 e. The SMILES string of the molecule is CC(C)n1c(SCC(=O)O)nc2c(S(C)(=O)=O)cccc21. The summed E-state index contributed by atoms with van der Waals surface area (Å²) in [5.41, 5.74) is 1.09. The first kappa shape index (κ1) is 15.8. The van der Waals surface area contributed by atoms with Gasteiger partial charge in [0.2, 0.25) is 0 Å². The molecule has 0 amide bonds. The number of carbonyl (C=O) groups is 1. The summed E-state index contributed by atoms with van der Waals surface area (Å²) in [4.78, 5) is 15.3. The fourth-order valence-corrected chi connectivity index (χ4v) is 3.78. The van der Waals surface area contributed by atoms with Crippen LogP contribution in [0.1, 0.15) is 19.9 Å². The largest absolute Gasteiger partial charge is 0.481 e. The van der Waals surface area contributed by atoms with E-state index in [0.717, 1.165) is 18.0 Å². The maximum atomic E-state index is 11.9. The topological polar surface area (TPSA) is 89.3 Å². The number of rotatable bonds is 5. The molecular formula is C13H16N2O4S2. The van der Waals surface area contributed by atoms with E-state index in [1.165, 1.54) is 6.07 Å². The number of aliphatic carboxylic acids is 1. The van der Waals surface area contributed by atoms with Gasteiger partial charge in [0.25, 0.3) is 0 Å². The predicted molar refractivity (Wildman–Crippen MR) is 81.6 cm³/mol. The Balaban J connectivity index is 2.70. The van der Waals surface area contributed by atoms with E-state index in [0.29, 0.717) is 16.2 Å². The second-order valence-electron chi connectivity index (χ2n) is 4.94. The summed E-state index contributed by atoms with van der Waals surface area (Å²) in [6.45, 7) is 3.89. The zero-order valence-electron chi connectivity index (χ0n) is 11.9. The number of hydrogen-bond donors (Lipinski definition) is 1. The summed E-state index contributed by atoms with van der Waals surface area (Å²) in [7, 11) is -3.39. The first-order valence-corrected chi connectivity index (χ1v) is 9.15. The van der Waals surface area contributed by atoms with Gasteiger partial charge in [0.15, 0.2) is 15.0 Å². The molecule has 0 bridgehead atoms. The summed E-state index contributed by atoms with van der Waals surface area (Å²) in [6.07, 6.45) is 1.14. The standard InChI is InChI=1S/C13H16N2O4S2/c1-8(2)15-9-5-4-6-10(21(3,18)19)12(9)14-13(15)20-7-11(16)17/h4-6,8H,7H2,1-3H3,(H,16,17). The Kier molecular flexibility index (Phi) is 4.29. The van der Waals surface area contributed by atoms with Crippen LogP contribution in [0.25, 0.3) is 11.0 Å². The molecule has 0 fully saturated rings. The molecule has 1 N–H and O–H groups in total. The van der Waals surface area contributed by atoms with E-state index in [-0.39, 0.29) is 16.7 Å². The van der Waals surface area contributed by atoms with Crippen molar-refractivity contribution in [2.45, 2.75) is 29.9 Å². The maximum absolute atomic E-state index is 11.9. The van der Waals surface area contributed by atoms with Gasteiger partial charge in [0, 0.05) is 12.3 Å². The number of hydrogen-bond acceptors (Lipinski definition) is 5. The number of thioether (sulfide) groups is 1. The molecule has 1 aromatic carbocycles. The van der Waals surface area contributed by atoms with Crippen molar-refractivity contribution in [3.8, 4) is 0 Å². The van der Waals surface area contributed by atoms with Gasteiger partial charge in [-0.05, 0) is 26.0 Å². The molecule has 2 rings (SSSR count). The fraction of sp³-hybridized carbons (Fsp3) is 0.385. The van der Waals surface area contributed by atoms with Crippen LogP contribution in [0.15, 0.2) is 28.3 Å². The minimum absolute atomic E-state index is 0.0427. The Morgan fingerprint density at radius 1 is 1.43 bits per heavy atom. The van der Waals surface area contributed by atoms with Gasteiger partial charge < -0.3 is 9.67 Å². The lowest BCUT2D eigenvalue weighted by molar-refractivity contribution is -0.133. The molecule has 0 saturated heterocycles. The fourth-order valence-electron chi connectivity index (χ4n) is 2.10. The molecule has 1 heterocycles. The molecule has 114 valence electrons. The van der Waals surface area contributed by atoms with Crippen molar-refractivity contribution in [3.63, 3.8) is 0 Å². The third kappa shape index (κ3) is 3.21. The van der Waals surface area contributed by atoms with Crippen LogP contribution in [-0.4, -0.2) is 41.1 Å². The van der Waals surface area contributed by atoms with E-state index < -0.39 is 15.8 Å². The van der Waals surface area contributed by atoms with Crippen molar-refractivity contribution < 1.29 is 18.3 Å². The molecule has 21 heavy (non-hydrogen) atoms. The van der Waals surface area contributed by atoms with Gasteiger partial charge in [-0.25, -0.2) is 13.4 Å². The Morgan fingerprint density at radius 3 is 2.62 bits per heavy atom. The van der Waals surface area contributed by atoms with Crippen LogP contribution < -0.4 is 0 Å². The number of fused-ring (bicyclic) bond motifs is 1. The van der Waals surface area contributed by atoms with E-state index in [9.17, 15) is 13.2 Å². The number of sulfone groups is 1. The molecule has 2 aromatic rings. The lowest BCUT2D eigenvalue weighted by atomic mass is 10.3. The van der Waals surface area contributed by atoms with Gasteiger partial charge in [-0.1, -0.05) is 17.8 Å². The van der Waals surface area contributed by atoms with Crippen molar-refractivity contribution in [2.75, 3.05) is 12.0 Å². The van der Waals surface area contributed by atoms with Crippen LogP contribution in [0.2, 0.25) is 0 Å². The number of nitrogens with zero attached hydrogens (tertiary/aromatic N) is 2. The van der Waals surface area contributed by atoms with Crippen LogP contribution in [0, 0.1) is 0 Å². The highest BCUT2D eigenvalue weighted by Crippen LogP contribution is 2.31. The van der Waals surface area contributed by atoms with E-state index in [4.69, 9.17) is 5.11 Å². The molecule has 1 aromatic heterocycles. The molecule has 0 aliphatic heterocycles. The second-order valence-corrected chi connectivity index (χ2v) is 7.86. The number of para-hydroxylation sites is 1. The van der Waals surface area contributed by atoms with Crippen molar-refractivity contribution in [2.24, 2.45) is 0 Å². The molecule has 0 aliphatic rings. The summed E-state index contributed by atoms with van der Waals surface area (Å²) in [5.74, 6) is -1.06. The quantitative estimate of drug-likeness (QED) is 0.846. The third-order valence-electron chi connectivity index (χ3n) is 2.89. The highest BCUT2D eigenvalue weighted by Gasteiger charge is 2.20. The monoisotopic (exact) mass is 328 g/mol. The van der Waals surface area contributed by atoms with Crippen molar-refractivity contribution in [1.29, 1.82) is 0 Å². The molecule has 0 saturated carbocycles. The predicted octanol–water partition coefficient (Wildman–Crippen LogP) is 2.20. The second kappa shape index (κ2) is 5.69. The smallest absolute Gasteiger partial charge is 0.313 e. The van der Waals surface area contributed by atoms with Crippen LogP contribution in [0.5, 0.6) is 0 Å². The highest BCUT2D eigenvalue weighted by atomic mass is 32.2. The van der Waals surface area contributed by atoms with Gasteiger partial charge in [0.05, 0.1) is 16.2 Å². The average Bonchev–Trinajstić information content (AvgIpc) is 2.72. The lowest BCUT2D eigenvalue weighted by Crippen LogP contribution is -2.05. The van der Waals surface area contributed by atoms with Gasteiger partial charge in [-0.15, -0.1) is 0 Å². The van der Waals surface area contributed by atoms with E-state index >= 15 is 0 Å². The first-order chi connectivity index (χ1) is 9.71. The Bertz CT molecular complexity index is 794. The Labute approximate surface area is 127 Å². The van der Waals surface area contributed by atoms with Gasteiger partial charge in [-0.2, -0.15) is 0 Å². The summed E-state index contributed by atoms with van der Waals surface area (Å²) in [5, 5.41) is 9.32. The Hall–Kier alpha value is -1.54. The number of carboxylic acids is 1. The zero-order chi connectivity index (χ0) is 15.8. The maximum Gasteiger partial charge on any atom is 0.313 e. The Morgan fingerprint density at radius 2 is 2.10 bits per heavy atom. The summed E-state index contributed by atoms with van der Waals surface area (Å²) >= 11 is 1.09. The minimum atomic E-state index is -3.39. The zero-order valence-corrected chi connectivity index (χ0v) is 13.5. The molecule has 0 spiro atoms. The molecular weight excluding hydrogens is 312 g/mol. The van der Waals surface area contributed by atoms with Crippen LogP contribution >= 0.6 is 11.8 Å². The third-order valence-corrected chi connectivity index (χ3v) is 4.96. The van der Waals surface area contributed by atoms with Crippen LogP contribution in [0.3, 0.4) is 0 Å². The number of carboxylic acid groups (broad SMARTS) is 1. The van der Waals surface area contributed by atoms with E-state index in [1.807, 2.05) is 18.4 Å². The number of imidazole rings is 1. The molecule has 8 heteroatoms. The molecule has 0 unspecified atom stereocenters.